The molecule has 0 aliphatic heterocycles. The number of benzene rings is 8. The van der Waals surface area contributed by atoms with Crippen molar-refractivity contribution in [2.24, 2.45) is 0 Å². The molecule has 0 amide bonds. The van der Waals surface area contributed by atoms with Gasteiger partial charge in [0, 0.05) is 22.1 Å². The van der Waals surface area contributed by atoms with Crippen molar-refractivity contribution in [2.45, 2.75) is 0 Å². The van der Waals surface area contributed by atoms with Crippen molar-refractivity contribution in [3.63, 3.8) is 0 Å². The predicted octanol–water partition coefficient (Wildman–Crippen LogP) is 13.2. The normalized spacial score (nSPS) is 16.3. The summed E-state index contributed by atoms with van der Waals surface area (Å²) in [6, 6.07) is 11.6. The van der Waals surface area contributed by atoms with Crippen LogP contribution in [0.2, 0.25) is 0 Å². The monoisotopic (exact) mass is 630 g/mol. The van der Waals surface area contributed by atoms with Crippen LogP contribution in [0.25, 0.3) is 66.1 Å². The largest absolute Gasteiger partial charge is 0.455 e. The van der Waals surface area contributed by atoms with Gasteiger partial charge in [-0.3, -0.25) is 0 Å². The lowest BCUT2D eigenvalue weighted by atomic mass is 9.99. The number of nitrogens with zero attached hydrogens (tertiary/aromatic N) is 1. The number of rotatable bonds is 6. The van der Waals surface area contributed by atoms with Crippen LogP contribution in [0.4, 0.5) is 17.1 Å². The van der Waals surface area contributed by atoms with E-state index < -0.39 is 136 Å². The van der Waals surface area contributed by atoms with Crippen molar-refractivity contribution in [3.05, 3.63) is 188 Å². The fourth-order valence-corrected chi connectivity index (χ4v) is 5.72. The quantitative estimate of drug-likeness (QED) is 0.182. The third kappa shape index (κ3) is 4.92. The predicted molar refractivity (Wildman–Crippen MR) is 202 cm³/mol. The maximum atomic E-state index is 9.57. The standard InChI is InChI=1S/C46H31NO/c1-3-10-32(11-4-1)34-18-20-35(21-19-34)37-24-29-40(30-25-37)47(39-27-22-36(23-28-39)33-12-5-2-6-13-33)43-16-9-17-44-45(43)42-31-26-38-14-7-8-15-41(38)46(42)48-44/h1-31H/i1D,3D,4D,10D,11D,18D,19D,20D,21D,22D,23D,24D,25D,27D,28D,29D,30D. The van der Waals surface area contributed by atoms with Crippen LogP contribution in [0.15, 0.2) is 192 Å². The summed E-state index contributed by atoms with van der Waals surface area (Å²) in [6.45, 7) is 0. The second kappa shape index (κ2) is 11.8. The second-order valence-electron chi connectivity index (χ2n) is 10.8. The van der Waals surface area contributed by atoms with Gasteiger partial charge in [-0.15, -0.1) is 0 Å². The molecule has 0 atom stereocenters. The molecule has 1 aromatic heterocycles. The Morgan fingerprint density at radius 3 is 1.65 bits per heavy atom. The average molecular weight is 631 g/mol. The van der Waals surface area contributed by atoms with Gasteiger partial charge >= 0.3 is 0 Å². The highest BCUT2D eigenvalue weighted by Gasteiger charge is 2.20. The molecule has 0 saturated carbocycles. The van der Waals surface area contributed by atoms with Crippen LogP contribution in [-0.2, 0) is 0 Å². The molecule has 0 bridgehead atoms. The Morgan fingerprint density at radius 2 is 0.979 bits per heavy atom. The molecule has 0 saturated heterocycles. The zero-order chi connectivity index (χ0) is 46.7. The Morgan fingerprint density at radius 1 is 0.417 bits per heavy atom. The third-order valence-electron chi connectivity index (χ3n) is 7.96. The van der Waals surface area contributed by atoms with Crippen molar-refractivity contribution in [2.75, 3.05) is 4.90 Å². The topological polar surface area (TPSA) is 16.4 Å². The summed E-state index contributed by atoms with van der Waals surface area (Å²) in [4.78, 5) is 1.13. The lowest BCUT2D eigenvalue weighted by Gasteiger charge is -2.26. The van der Waals surface area contributed by atoms with Gasteiger partial charge in [0.2, 0.25) is 0 Å². The Labute approximate surface area is 303 Å². The minimum atomic E-state index is -0.879. The van der Waals surface area contributed by atoms with Gasteiger partial charge in [-0.1, -0.05) is 145 Å². The van der Waals surface area contributed by atoms with Gasteiger partial charge in [0.15, 0.2) is 0 Å². The summed E-state index contributed by atoms with van der Waals surface area (Å²) >= 11 is 0. The van der Waals surface area contributed by atoms with Gasteiger partial charge < -0.3 is 9.32 Å². The van der Waals surface area contributed by atoms with Crippen molar-refractivity contribution in [3.8, 4) is 33.4 Å². The van der Waals surface area contributed by atoms with Crippen LogP contribution in [0.3, 0.4) is 0 Å². The first-order valence-corrected chi connectivity index (χ1v) is 15.0. The molecule has 0 aliphatic rings. The molecule has 0 spiro atoms. The minimum absolute atomic E-state index is 0.0203. The van der Waals surface area contributed by atoms with Crippen molar-refractivity contribution >= 4 is 49.8 Å². The van der Waals surface area contributed by atoms with E-state index in [9.17, 15) is 11.0 Å². The first-order valence-electron chi connectivity index (χ1n) is 23.5. The first-order chi connectivity index (χ1) is 30.9. The molecule has 8 aromatic carbocycles. The van der Waals surface area contributed by atoms with E-state index in [-0.39, 0.29) is 11.3 Å². The van der Waals surface area contributed by atoms with Gasteiger partial charge in [-0.25, -0.2) is 0 Å². The average Bonchev–Trinajstić information content (AvgIpc) is 3.70. The summed E-state index contributed by atoms with van der Waals surface area (Å²) in [5.41, 5.74) is -2.27. The zero-order valence-corrected chi connectivity index (χ0v) is 24.9. The molecule has 9 aromatic rings. The van der Waals surface area contributed by atoms with E-state index in [1.54, 1.807) is 54.6 Å². The van der Waals surface area contributed by atoms with E-state index >= 15 is 0 Å². The molecule has 2 nitrogen and oxygen atoms in total. The summed E-state index contributed by atoms with van der Waals surface area (Å²) < 4.78 is 159. The molecular weight excluding hydrogens is 583 g/mol. The molecule has 0 N–H and O–H groups in total. The number of fused-ring (bicyclic) bond motifs is 5. The van der Waals surface area contributed by atoms with E-state index in [1.807, 2.05) is 30.3 Å². The Kier molecular flexibility index (Phi) is 3.79. The zero-order valence-electron chi connectivity index (χ0n) is 41.9. The Hall–Kier alpha value is -6.38. The van der Waals surface area contributed by atoms with Gasteiger partial charge in [0.05, 0.1) is 34.4 Å². The van der Waals surface area contributed by atoms with Crippen LogP contribution in [-0.4, -0.2) is 0 Å². The highest BCUT2D eigenvalue weighted by atomic mass is 16.3. The fraction of sp³-hybridized carbons (Fsp3) is 0. The van der Waals surface area contributed by atoms with Crippen molar-refractivity contribution in [1.82, 2.24) is 0 Å². The molecule has 0 unspecified atom stereocenters. The van der Waals surface area contributed by atoms with E-state index in [0.717, 1.165) is 15.7 Å². The number of furan rings is 1. The maximum Gasteiger partial charge on any atom is 0.143 e. The molecule has 1 heterocycles. The van der Waals surface area contributed by atoms with Gasteiger partial charge in [-0.2, -0.15) is 0 Å². The second-order valence-corrected chi connectivity index (χ2v) is 10.8. The fourth-order valence-electron chi connectivity index (χ4n) is 5.72. The summed E-state index contributed by atoms with van der Waals surface area (Å²) in [5.74, 6) is 0. The SMILES string of the molecule is [2H]c1c([2H])c([2H])c(-c2c([2H])c([2H])c(-c3c([2H])c([2H])c(N(c4c([2H])c([2H])c(-c5ccccc5)c([2H])c4[2H])c4cccc5oc6c7ccccc7ccc6c45)c([2H])c3[2H])c([2H])c2[2H])c([2H])c1[2H]. The van der Waals surface area contributed by atoms with E-state index in [1.165, 1.54) is 0 Å². The van der Waals surface area contributed by atoms with Crippen LogP contribution >= 0.6 is 0 Å². The van der Waals surface area contributed by atoms with Crippen molar-refractivity contribution < 1.29 is 27.7 Å². The number of hydrogen-bond acceptors (Lipinski definition) is 2. The molecule has 9 rings (SSSR count). The molecule has 2 heteroatoms. The maximum absolute atomic E-state index is 9.57. The summed E-state index contributed by atoms with van der Waals surface area (Å²) in [7, 11) is 0. The van der Waals surface area contributed by atoms with Crippen LogP contribution in [0.1, 0.15) is 23.3 Å². The van der Waals surface area contributed by atoms with Crippen LogP contribution < -0.4 is 4.90 Å². The van der Waals surface area contributed by atoms with E-state index in [2.05, 4.69) is 0 Å². The van der Waals surface area contributed by atoms with Crippen LogP contribution in [0, 0.1) is 0 Å². The lowest BCUT2D eigenvalue weighted by molar-refractivity contribution is 0.672. The molecule has 0 fully saturated rings. The molecule has 0 radical (unpaired) electrons. The van der Waals surface area contributed by atoms with Crippen molar-refractivity contribution in [1.29, 1.82) is 0 Å². The van der Waals surface area contributed by atoms with E-state index in [4.69, 9.17) is 16.8 Å². The number of hydrogen-bond donors (Lipinski definition) is 0. The van der Waals surface area contributed by atoms with Gasteiger partial charge in [0.25, 0.3) is 0 Å². The smallest absolute Gasteiger partial charge is 0.143 e. The first kappa shape index (κ1) is 15.5. The Bertz CT molecular complexity index is 3420. The Balaban J connectivity index is 1.36. The summed E-state index contributed by atoms with van der Waals surface area (Å²) in [6.07, 6.45) is 0. The molecule has 226 valence electrons. The van der Waals surface area contributed by atoms with Gasteiger partial charge in [0.1, 0.15) is 11.2 Å². The molecule has 0 aliphatic carbocycles. The highest BCUT2D eigenvalue weighted by molar-refractivity contribution is 6.19. The minimum Gasteiger partial charge on any atom is -0.455 e. The highest BCUT2D eigenvalue weighted by Crippen LogP contribution is 2.44. The van der Waals surface area contributed by atoms with Crippen LogP contribution in [0.5, 0.6) is 0 Å². The molecule has 48 heavy (non-hydrogen) atoms. The molecular formula is C46H31NO. The lowest BCUT2D eigenvalue weighted by Crippen LogP contribution is -2.10. The summed E-state index contributed by atoms with van der Waals surface area (Å²) in [5, 5.41) is 2.53. The third-order valence-corrected chi connectivity index (χ3v) is 7.96. The van der Waals surface area contributed by atoms with E-state index in [0.29, 0.717) is 27.5 Å². The number of anilines is 3. The van der Waals surface area contributed by atoms with Gasteiger partial charge in [-0.05, 0) is 81.1 Å².